The Morgan fingerprint density at radius 1 is 0.938 bits per heavy atom. The third kappa shape index (κ3) is 6.86. The van der Waals surface area contributed by atoms with Crippen molar-refractivity contribution in [3.63, 3.8) is 0 Å². The van der Waals surface area contributed by atoms with Crippen LogP contribution in [0.1, 0.15) is 71.1 Å². The van der Waals surface area contributed by atoms with Gasteiger partial charge in [-0.3, -0.25) is 4.79 Å². The Bertz CT molecular complexity index is 189. The van der Waals surface area contributed by atoms with Crippen LogP contribution in [-0.2, 0) is 9.53 Å². The zero-order valence-corrected chi connectivity index (χ0v) is 10.7. The van der Waals surface area contributed by atoms with Gasteiger partial charge in [-0.15, -0.1) is 0 Å². The van der Waals surface area contributed by atoms with Gasteiger partial charge in [0.15, 0.2) is 0 Å². The van der Waals surface area contributed by atoms with E-state index in [1.54, 1.807) is 0 Å². The number of cyclic esters (lactones) is 1. The van der Waals surface area contributed by atoms with Crippen LogP contribution in [0.15, 0.2) is 0 Å². The molecule has 1 atom stereocenters. The van der Waals surface area contributed by atoms with Gasteiger partial charge in [0.25, 0.3) is 0 Å². The van der Waals surface area contributed by atoms with Crippen molar-refractivity contribution in [1.29, 1.82) is 0 Å². The van der Waals surface area contributed by atoms with Gasteiger partial charge in [0, 0.05) is 6.42 Å². The summed E-state index contributed by atoms with van der Waals surface area (Å²) < 4.78 is 5.22. The minimum Gasteiger partial charge on any atom is -0.466 e. The minimum absolute atomic E-state index is 0.00422. The lowest BCUT2D eigenvalue weighted by Crippen LogP contribution is -2.10. The van der Waals surface area contributed by atoms with E-state index < -0.39 is 0 Å². The number of carbonyl (C=O) groups excluding carboxylic acids is 1. The van der Waals surface area contributed by atoms with Crippen LogP contribution >= 0.6 is 0 Å². The van der Waals surface area contributed by atoms with Crippen molar-refractivity contribution in [3.8, 4) is 0 Å². The van der Waals surface area contributed by atoms with Crippen molar-refractivity contribution in [1.82, 2.24) is 0 Å². The van der Waals surface area contributed by atoms with Crippen molar-refractivity contribution in [2.24, 2.45) is 5.92 Å². The summed E-state index contributed by atoms with van der Waals surface area (Å²) >= 11 is 0. The number of hydrogen-bond acceptors (Lipinski definition) is 2. The molecule has 0 aromatic carbocycles. The third-order valence-electron chi connectivity index (χ3n) is 3.37. The average Bonchev–Trinajstić information content (AvgIpc) is 2.25. The summed E-state index contributed by atoms with van der Waals surface area (Å²) in [6.45, 7) is 2.79. The van der Waals surface area contributed by atoms with E-state index in [1.807, 2.05) is 0 Å². The molecule has 0 N–H and O–H groups in total. The van der Waals surface area contributed by atoms with Crippen LogP contribution in [0.4, 0.5) is 0 Å². The summed E-state index contributed by atoms with van der Waals surface area (Å²) in [5, 5.41) is 0. The van der Waals surface area contributed by atoms with Gasteiger partial charge in [-0.1, -0.05) is 58.3 Å². The van der Waals surface area contributed by atoms with Crippen molar-refractivity contribution >= 4 is 5.97 Å². The molecule has 0 aromatic heterocycles. The van der Waals surface area contributed by atoms with Crippen molar-refractivity contribution < 1.29 is 9.53 Å². The molecule has 0 spiro atoms. The molecule has 1 fully saturated rings. The highest BCUT2D eigenvalue weighted by Gasteiger charge is 2.10. The fraction of sp³-hybridized carbons (Fsp3) is 0.929. The monoisotopic (exact) mass is 226 g/mol. The summed E-state index contributed by atoms with van der Waals surface area (Å²) in [7, 11) is 0. The summed E-state index contributed by atoms with van der Waals surface area (Å²) in [5.41, 5.74) is 0. The number of carbonyl (C=O) groups is 1. The maximum atomic E-state index is 11.4. The predicted octanol–water partition coefficient (Wildman–Crippen LogP) is 4.08. The molecule has 2 nitrogen and oxygen atoms in total. The maximum Gasteiger partial charge on any atom is 0.306 e. The van der Waals surface area contributed by atoms with Crippen LogP contribution in [0.25, 0.3) is 0 Å². The van der Waals surface area contributed by atoms with E-state index >= 15 is 0 Å². The largest absolute Gasteiger partial charge is 0.466 e. The average molecular weight is 226 g/mol. The molecule has 1 rings (SSSR count). The molecule has 0 saturated carbocycles. The summed E-state index contributed by atoms with van der Waals surface area (Å²) in [5.74, 6) is 0.500. The zero-order valence-electron chi connectivity index (χ0n) is 10.7. The smallest absolute Gasteiger partial charge is 0.306 e. The number of esters is 1. The highest BCUT2D eigenvalue weighted by molar-refractivity contribution is 5.69. The second kappa shape index (κ2) is 8.60. The molecular weight excluding hydrogens is 200 g/mol. The van der Waals surface area contributed by atoms with Gasteiger partial charge >= 0.3 is 5.97 Å². The van der Waals surface area contributed by atoms with E-state index in [9.17, 15) is 4.79 Å². The third-order valence-corrected chi connectivity index (χ3v) is 3.37. The lowest BCUT2D eigenvalue weighted by Gasteiger charge is -2.12. The molecule has 2 heteroatoms. The molecule has 0 aromatic rings. The van der Waals surface area contributed by atoms with Crippen LogP contribution in [0.2, 0.25) is 0 Å². The fourth-order valence-electron chi connectivity index (χ4n) is 2.29. The maximum absolute atomic E-state index is 11.4. The molecule has 0 unspecified atom stereocenters. The molecule has 0 aliphatic carbocycles. The molecular formula is C14H26O2. The van der Waals surface area contributed by atoms with Crippen LogP contribution in [0.3, 0.4) is 0 Å². The Kier molecular flexibility index (Phi) is 7.28. The Hall–Kier alpha value is -0.530. The number of hydrogen-bond donors (Lipinski definition) is 0. The molecule has 1 aliphatic heterocycles. The first-order valence-corrected chi connectivity index (χ1v) is 6.94. The predicted molar refractivity (Wildman–Crippen MR) is 66.3 cm³/mol. The SMILES string of the molecule is C[C@@H]1CCCCCCCCCCOC(=O)C1. The summed E-state index contributed by atoms with van der Waals surface area (Å²) in [6.07, 6.45) is 12.1. The number of ether oxygens (including phenoxy) is 1. The van der Waals surface area contributed by atoms with Gasteiger partial charge in [-0.2, -0.15) is 0 Å². The second-order valence-corrected chi connectivity index (χ2v) is 5.15. The Labute approximate surface area is 99.8 Å². The molecule has 0 bridgehead atoms. The van der Waals surface area contributed by atoms with Gasteiger partial charge in [0.05, 0.1) is 6.61 Å². The van der Waals surface area contributed by atoms with Gasteiger partial charge < -0.3 is 4.74 Å². The van der Waals surface area contributed by atoms with Crippen molar-refractivity contribution in [2.45, 2.75) is 71.1 Å². The zero-order chi connectivity index (χ0) is 11.6. The van der Waals surface area contributed by atoms with Crippen molar-refractivity contribution in [2.75, 3.05) is 6.61 Å². The quantitative estimate of drug-likeness (QED) is 0.582. The Balaban J connectivity index is 2.23. The normalized spacial score (nSPS) is 26.8. The van der Waals surface area contributed by atoms with E-state index in [2.05, 4.69) is 6.92 Å². The molecule has 1 aliphatic rings. The fourth-order valence-corrected chi connectivity index (χ4v) is 2.29. The van der Waals surface area contributed by atoms with Crippen LogP contribution in [-0.4, -0.2) is 12.6 Å². The van der Waals surface area contributed by atoms with Crippen LogP contribution < -0.4 is 0 Å². The van der Waals surface area contributed by atoms with Gasteiger partial charge in [-0.05, 0) is 12.3 Å². The molecule has 94 valence electrons. The van der Waals surface area contributed by atoms with Gasteiger partial charge in [0.2, 0.25) is 0 Å². The molecule has 1 heterocycles. The van der Waals surface area contributed by atoms with E-state index in [0.717, 1.165) is 6.42 Å². The van der Waals surface area contributed by atoms with Crippen LogP contribution in [0.5, 0.6) is 0 Å². The van der Waals surface area contributed by atoms with Gasteiger partial charge in [-0.25, -0.2) is 0 Å². The topological polar surface area (TPSA) is 26.3 Å². The molecule has 0 radical (unpaired) electrons. The summed E-state index contributed by atoms with van der Waals surface area (Å²) in [4.78, 5) is 11.4. The Morgan fingerprint density at radius 2 is 1.50 bits per heavy atom. The highest BCUT2D eigenvalue weighted by atomic mass is 16.5. The molecule has 1 saturated heterocycles. The van der Waals surface area contributed by atoms with E-state index in [-0.39, 0.29) is 5.97 Å². The lowest BCUT2D eigenvalue weighted by atomic mass is 9.98. The standard InChI is InChI=1S/C14H26O2/c1-13-10-8-6-4-2-3-5-7-9-11-16-14(15)12-13/h13H,2-12H2,1H3/t13-/m1/s1. The highest BCUT2D eigenvalue weighted by Crippen LogP contribution is 2.16. The molecule has 16 heavy (non-hydrogen) atoms. The summed E-state index contributed by atoms with van der Waals surface area (Å²) in [6, 6.07) is 0. The van der Waals surface area contributed by atoms with Gasteiger partial charge in [0.1, 0.15) is 0 Å². The van der Waals surface area contributed by atoms with E-state index in [0.29, 0.717) is 18.9 Å². The first-order chi connectivity index (χ1) is 7.79. The Morgan fingerprint density at radius 3 is 2.19 bits per heavy atom. The molecule has 0 amide bonds. The second-order valence-electron chi connectivity index (χ2n) is 5.15. The lowest BCUT2D eigenvalue weighted by molar-refractivity contribution is -0.144. The first kappa shape index (κ1) is 13.5. The van der Waals surface area contributed by atoms with Crippen LogP contribution in [0, 0.1) is 5.92 Å². The van der Waals surface area contributed by atoms with E-state index in [1.165, 1.54) is 51.4 Å². The van der Waals surface area contributed by atoms with E-state index in [4.69, 9.17) is 4.74 Å². The first-order valence-electron chi connectivity index (χ1n) is 6.94. The number of rotatable bonds is 0. The minimum atomic E-state index is 0.00422. The van der Waals surface area contributed by atoms with Crippen molar-refractivity contribution in [3.05, 3.63) is 0 Å².